The third-order valence-corrected chi connectivity index (χ3v) is 15.7. The first-order valence-electron chi connectivity index (χ1n) is 13.3. The molecule has 3 unspecified atom stereocenters. The summed E-state index contributed by atoms with van der Waals surface area (Å²) < 4.78 is 33.7. The molecule has 0 radical (unpaired) electrons. The van der Waals surface area contributed by atoms with Crippen LogP contribution in [-0.2, 0) is 34.9 Å². The van der Waals surface area contributed by atoms with Crippen molar-refractivity contribution >= 4 is 65.9 Å². The fourth-order valence-electron chi connectivity index (χ4n) is 3.74. The number of rotatable bonds is 19. The van der Waals surface area contributed by atoms with Crippen molar-refractivity contribution in [2.24, 2.45) is 0 Å². The van der Waals surface area contributed by atoms with Crippen molar-refractivity contribution in [1.82, 2.24) is 24.6 Å². The standard InChI is InChI=1S/C25H44As2N5O6P/c1-7-8-9-10-11-36-24(34)25(5,6)31-39(35,27-20(13-33)14-37-18(2)3)17-38-19(4)12-32-16-30-21-22(26)28-15-29-23(21)32/h13,15-16,18-20,27H,7-12,14,17,26H2,1-6H3,(H,31,35)/t19-,20+,39?/m1/s1. The van der Waals surface area contributed by atoms with Gasteiger partial charge in [-0.05, 0) is 0 Å². The average Bonchev–Trinajstić information content (AvgIpc) is 3.28. The summed E-state index contributed by atoms with van der Waals surface area (Å²) in [4.78, 5) is 37.7. The summed E-state index contributed by atoms with van der Waals surface area (Å²) in [7, 11) is 0. The van der Waals surface area contributed by atoms with Crippen molar-refractivity contribution < 1.29 is 28.4 Å². The fourth-order valence-corrected chi connectivity index (χ4v) is 14.2. The van der Waals surface area contributed by atoms with Crippen molar-refractivity contribution in [1.29, 1.82) is 0 Å². The SMILES string of the molecule is CCCCCCOC(=O)C(C)(C)NP(=O)(CO[C@H](C)Cn1cnc2c([AsH2])ncnc21)[AsH][C@@H](C=O)COC(C)C. The molecule has 0 aliphatic rings. The Morgan fingerprint density at radius 1 is 1.21 bits per heavy atom. The molecule has 0 bridgehead atoms. The number of ether oxygens (including phenoxy) is 3. The second-order valence-corrected chi connectivity index (χ2v) is 21.5. The van der Waals surface area contributed by atoms with Crippen LogP contribution in [0.25, 0.3) is 11.2 Å². The van der Waals surface area contributed by atoms with E-state index in [1.165, 1.54) is 23.2 Å². The molecule has 0 spiro atoms. The van der Waals surface area contributed by atoms with E-state index in [9.17, 15) is 14.2 Å². The van der Waals surface area contributed by atoms with E-state index in [4.69, 9.17) is 14.2 Å². The summed E-state index contributed by atoms with van der Waals surface area (Å²) in [6.07, 6.45) is 7.46. The fraction of sp³-hybridized carbons (Fsp3) is 0.720. The molecule has 2 aromatic heterocycles. The maximum absolute atomic E-state index is 14.3. The zero-order chi connectivity index (χ0) is 29.1. The second kappa shape index (κ2) is 16.4. The number of aldehydes is 1. The van der Waals surface area contributed by atoms with Gasteiger partial charge in [-0.2, -0.15) is 0 Å². The molecule has 0 saturated heterocycles. The number of nitrogens with one attached hydrogen (secondary N) is 1. The van der Waals surface area contributed by atoms with Gasteiger partial charge >= 0.3 is 247 Å². The van der Waals surface area contributed by atoms with E-state index in [0.717, 1.165) is 42.0 Å². The monoisotopic (exact) mass is 691 g/mol. The van der Waals surface area contributed by atoms with E-state index >= 15 is 0 Å². The second-order valence-electron chi connectivity index (χ2n) is 10.4. The molecule has 0 saturated carbocycles. The molecule has 0 aliphatic carbocycles. The molecule has 2 aromatic rings. The molecule has 39 heavy (non-hydrogen) atoms. The minimum atomic E-state index is -3.28. The predicted octanol–water partition coefficient (Wildman–Crippen LogP) is 1.98. The molecular weight excluding hydrogens is 647 g/mol. The Morgan fingerprint density at radius 2 is 1.95 bits per heavy atom. The van der Waals surface area contributed by atoms with Gasteiger partial charge in [0.15, 0.2) is 0 Å². The number of hydrogen-bond donors (Lipinski definition) is 1. The van der Waals surface area contributed by atoms with E-state index < -0.39 is 37.4 Å². The summed E-state index contributed by atoms with van der Waals surface area (Å²) in [5.41, 5.74) is 0.251. The number of esters is 1. The number of carbonyl (C=O) groups excluding carboxylic acids is 2. The van der Waals surface area contributed by atoms with Crippen molar-refractivity contribution in [3.63, 3.8) is 0 Å². The molecule has 5 atom stereocenters. The Labute approximate surface area is 246 Å². The summed E-state index contributed by atoms with van der Waals surface area (Å²) in [6.45, 7) is 12.0. The molecule has 1 N–H and O–H groups in total. The van der Waals surface area contributed by atoms with Crippen LogP contribution in [-0.4, -0.2) is 101 Å². The number of imidazole rings is 1. The van der Waals surface area contributed by atoms with Crippen LogP contribution < -0.4 is 9.57 Å². The number of unbranched alkanes of at least 4 members (excludes halogenated alkanes) is 3. The maximum atomic E-state index is 14.3. The first-order valence-corrected chi connectivity index (χ1v) is 20.5. The predicted molar refractivity (Wildman–Crippen MR) is 157 cm³/mol. The van der Waals surface area contributed by atoms with Gasteiger partial charge in [0.05, 0.1) is 0 Å². The summed E-state index contributed by atoms with van der Waals surface area (Å²) in [5.74, 6) is -3.76. The van der Waals surface area contributed by atoms with Crippen molar-refractivity contribution in [3.05, 3.63) is 12.7 Å². The normalized spacial score (nSPS) is 15.6. The summed E-state index contributed by atoms with van der Waals surface area (Å²) in [6, 6.07) is 0. The molecule has 0 amide bonds. The van der Waals surface area contributed by atoms with Crippen LogP contribution in [0.2, 0.25) is 4.71 Å². The number of fused-ring (bicyclic) bond motifs is 1. The van der Waals surface area contributed by atoms with Gasteiger partial charge in [-0.15, -0.1) is 0 Å². The first-order chi connectivity index (χ1) is 18.4. The van der Waals surface area contributed by atoms with Crippen LogP contribution in [0.15, 0.2) is 12.7 Å². The van der Waals surface area contributed by atoms with Crippen molar-refractivity contribution in [2.45, 2.75) is 96.2 Å². The molecule has 220 valence electrons. The van der Waals surface area contributed by atoms with Gasteiger partial charge in [-0.1, -0.05) is 0 Å². The van der Waals surface area contributed by atoms with E-state index in [1.807, 2.05) is 25.3 Å². The van der Waals surface area contributed by atoms with Gasteiger partial charge in [0, 0.05) is 0 Å². The van der Waals surface area contributed by atoms with Gasteiger partial charge in [0.2, 0.25) is 0 Å². The zero-order valence-corrected chi connectivity index (χ0v) is 29.3. The molecule has 11 nitrogen and oxygen atoms in total. The Balaban J connectivity index is 2.12. The quantitative estimate of drug-likeness (QED) is 0.0767. The Hall–Kier alpha value is -1.08. The van der Waals surface area contributed by atoms with Crippen LogP contribution in [0.1, 0.15) is 67.2 Å². The van der Waals surface area contributed by atoms with Crippen LogP contribution >= 0.6 is 5.85 Å². The van der Waals surface area contributed by atoms with Crippen LogP contribution in [0.4, 0.5) is 0 Å². The summed E-state index contributed by atoms with van der Waals surface area (Å²) in [5, 5.41) is 3.08. The summed E-state index contributed by atoms with van der Waals surface area (Å²) >= 11 is -0.0716. The molecule has 14 heteroatoms. The molecule has 0 fully saturated rings. The molecular formula is C25H44As2N5O6P. The number of hydrogen-bond acceptors (Lipinski definition) is 9. The average molecular weight is 691 g/mol. The zero-order valence-electron chi connectivity index (χ0n) is 23.9. The van der Waals surface area contributed by atoms with Crippen molar-refractivity contribution in [3.8, 4) is 0 Å². The van der Waals surface area contributed by atoms with Crippen LogP contribution in [0.5, 0.6) is 0 Å². The number of nitrogens with zero attached hydrogens (tertiary/aromatic N) is 4. The third kappa shape index (κ3) is 11.4. The molecule has 0 aliphatic heterocycles. The Morgan fingerprint density at radius 3 is 2.62 bits per heavy atom. The van der Waals surface area contributed by atoms with Gasteiger partial charge in [0.1, 0.15) is 0 Å². The van der Waals surface area contributed by atoms with Gasteiger partial charge < -0.3 is 0 Å². The van der Waals surface area contributed by atoms with Crippen LogP contribution in [0.3, 0.4) is 0 Å². The Kier molecular flexibility index (Phi) is 14.3. The number of aromatic nitrogens is 4. The van der Waals surface area contributed by atoms with E-state index in [1.54, 1.807) is 20.2 Å². The molecule has 0 aromatic carbocycles. The van der Waals surface area contributed by atoms with E-state index in [0.29, 0.717) is 18.8 Å². The van der Waals surface area contributed by atoms with Crippen molar-refractivity contribution in [2.75, 3.05) is 19.6 Å². The van der Waals surface area contributed by atoms with Gasteiger partial charge in [-0.25, -0.2) is 0 Å². The van der Waals surface area contributed by atoms with Crippen LogP contribution in [0, 0.1) is 0 Å². The van der Waals surface area contributed by atoms with E-state index in [-0.39, 0.29) is 25.2 Å². The minimum absolute atomic E-state index is 0.0551. The third-order valence-electron chi connectivity index (χ3n) is 5.77. The van der Waals surface area contributed by atoms with E-state index in [2.05, 4.69) is 27.0 Å². The van der Waals surface area contributed by atoms with Gasteiger partial charge in [0.25, 0.3) is 0 Å². The number of carbonyl (C=O) groups is 2. The van der Waals surface area contributed by atoms with Gasteiger partial charge in [-0.3, -0.25) is 0 Å². The first kappa shape index (κ1) is 34.1. The molecule has 2 rings (SSSR count). The Bertz CT molecular complexity index is 1120. The topological polar surface area (TPSA) is 135 Å². The molecule has 2 heterocycles.